The Kier molecular flexibility index (Phi) is 10.7. The molecule has 2 heterocycles. The van der Waals surface area contributed by atoms with Gasteiger partial charge in [-0.2, -0.15) is 0 Å². The van der Waals surface area contributed by atoms with Crippen LogP contribution in [-0.4, -0.2) is 9.97 Å². The number of benzene rings is 2. The molecule has 0 spiro atoms. The van der Waals surface area contributed by atoms with E-state index in [0.717, 1.165) is 0 Å². The zero-order valence-corrected chi connectivity index (χ0v) is 20.4. The normalized spacial score (nSPS) is 10.6. The molecule has 0 fully saturated rings. The molecule has 154 valence electrons. The van der Waals surface area contributed by atoms with Gasteiger partial charge < -0.3 is 0 Å². The van der Waals surface area contributed by atoms with Gasteiger partial charge in [-0.25, -0.2) is 0 Å². The number of hydrogen-bond acceptors (Lipinski definition) is 2. The molecule has 0 bridgehead atoms. The van der Waals surface area contributed by atoms with Crippen molar-refractivity contribution in [2.45, 2.75) is 0 Å². The number of aromatic nitrogens is 2. The van der Waals surface area contributed by atoms with Crippen LogP contribution in [0.2, 0.25) is 0 Å². The topological polar surface area (TPSA) is 25.8 Å². The molecule has 7 heteroatoms. The van der Waals surface area contributed by atoms with Crippen LogP contribution in [0.5, 0.6) is 0 Å². The minimum atomic E-state index is -3.06. The van der Waals surface area contributed by atoms with Crippen LogP contribution in [0.4, 0.5) is 0 Å². The summed E-state index contributed by atoms with van der Waals surface area (Å²) in [4.78, 5) is 7.94. The Hall–Kier alpha value is -1.41. The zero-order valence-electron chi connectivity index (χ0n) is 15.1. The summed E-state index contributed by atoms with van der Waals surface area (Å²) in [6.07, 6.45) is 7.23. The van der Waals surface area contributed by atoms with Crippen molar-refractivity contribution in [3.05, 3.63) is 110 Å². The smallest absolute Gasteiger partial charge is 0.0273 e. The summed E-state index contributed by atoms with van der Waals surface area (Å²) >= 11 is -3.06. The molecule has 29 heavy (non-hydrogen) atoms. The monoisotopic (exact) mass is 645 g/mol. The third kappa shape index (κ3) is 10.8. The average Bonchev–Trinajstić information content (AvgIpc) is 2.76. The Morgan fingerprint density at radius 2 is 0.655 bits per heavy atom. The first-order valence-corrected chi connectivity index (χ1v) is 19.6. The Morgan fingerprint density at radius 3 is 0.931 bits per heavy atom. The second-order valence-corrected chi connectivity index (χ2v) is 25.2. The summed E-state index contributed by atoms with van der Waals surface area (Å²) in [7, 11) is 20.0. The van der Waals surface area contributed by atoms with Gasteiger partial charge in [0, 0.05) is 24.8 Å². The molecule has 2 aromatic heterocycles. The molecule has 0 aliphatic carbocycles. The van der Waals surface area contributed by atoms with Gasteiger partial charge in [-0.05, 0) is 46.5 Å². The van der Waals surface area contributed by atoms with E-state index in [9.17, 15) is 0 Å². The minimum Gasteiger partial charge on any atom is -0.265 e. The van der Waals surface area contributed by atoms with E-state index in [1.807, 2.05) is 85.5 Å². The van der Waals surface area contributed by atoms with Crippen LogP contribution < -0.4 is 0 Å². The van der Waals surface area contributed by atoms with Gasteiger partial charge in [0.05, 0.1) is 0 Å². The van der Waals surface area contributed by atoms with Gasteiger partial charge in [0.2, 0.25) is 0 Å². The van der Waals surface area contributed by atoms with Gasteiger partial charge in [-0.1, -0.05) is 60.7 Å². The maximum absolute atomic E-state index is 5.01. The van der Waals surface area contributed by atoms with Crippen molar-refractivity contribution in [1.82, 2.24) is 9.97 Å². The fourth-order valence-electron chi connectivity index (χ4n) is 2.35. The van der Waals surface area contributed by atoms with Gasteiger partial charge in [0.15, 0.2) is 0 Å². The first-order valence-electron chi connectivity index (χ1n) is 8.32. The molecule has 0 atom stereocenters. The van der Waals surface area contributed by atoms with Gasteiger partial charge in [0.1, 0.15) is 0 Å². The maximum atomic E-state index is 5.01. The second kappa shape index (κ2) is 13.0. The Balaban J connectivity index is 0.000000170. The second-order valence-electron chi connectivity index (χ2n) is 5.47. The summed E-state index contributed by atoms with van der Waals surface area (Å²) < 4.78 is 0. The van der Waals surface area contributed by atoms with E-state index in [4.69, 9.17) is 37.7 Å². The molecule has 0 aliphatic rings. The molecular formula is C22H18Cl4N2Pt. The fourth-order valence-corrected chi connectivity index (χ4v) is 2.35. The molecule has 0 amide bonds. The van der Waals surface area contributed by atoms with E-state index in [-0.39, 0.29) is 0 Å². The number of hydrogen-bond donors (Lipinski definition) is 0. The molecule has 0 radical (unpaired) electrons. The largest absolute Gasteiger partial charge is 0.265 e. The number of rotatable bonds is 2. The third-order valence-electron chi connectivity index (χ3n) is 3.57. The van der Waals surface area contributed by atoms with Crippen molar-refractivity contribution in [3.8, 4) is 22.3 Å². The molecule has 2 aromatic carbocycles. The van der Waals surface area contributed by atoms with E-state index >= 15 is 0 Å². The standard InChI is InChI=1S/2C11H9N.4ClH.Pt/c2*1-2-4-10(5-3-1)11-6-8-12-9-7-11;;;;;/h2*1-9H;4*1H;/q;;;;;;+4/p-4. The van der Waals surface area contributed by atoms with Crippen LogP contribution in [0.1, 0.15) is 0 Å². The van der Waals surface area contributed by atoms with Crippen molar-refractivity contribution >= 4 is 37.7 Å². The van der Waals surface area contributed by atoms with Crippen LogP contribution in [0.3, 0.4) is 0 Å². The number of halogens is 4. The molecule has 0 aliphatic heterocycles. The van der Waals surface area contributed by atoms with Crippen molar-refractivity contribution < 1.29 is 11.9 Å². The molecule has 4 rings (SSSR count). The van der Waals surface area contributed by atoms with E-state index in [2.05, 4.69) is 34.2 Å². The summed E-state index contributed by atoms with van der Waals surface area (Å²) in [6, 6.07) is 28.6. The molecule has 0 N–H and O–H groups in total. The van der Waals surface area contributed by atoms with Crippen molar-refractivity contribution in [1.29, 1.82) is 0 Å². The van der Waals surface area contributed by atoms with Gasteiger partial charge in [0.25, 0.3) is 0 Å². The predicted molar refractivity (Wildman–Crippen MR) is 123 cm³/mol. The van der Waals surface area contributed by atoms with Crippen LogP contribution in [0, 0.1) is 0 Å². The summed E-state index contributed by atoms with van der Waals surface area (Å²) in [5, 5.41) is 0. The summed E-state index contributed by atoms with van der Waals surface area (Å²) in [5.74, 6) is 0. The van der Waals surface area contributed by atoms with E-state index in [1.54, 1.807) is 0 Å². The number of pyridine rings is 2. The first-order chi connectivity index (χ1) is 13.9. The minimum absolute atomic E-state index is 1.21. The molecule has 0 saturated heterocycles. The fraction of sp³-hybridized carbons (Fsp3) is 0. The van der Waals surface area contributed by atoms with Crippen LogP contribution >= 0.6 is 37.7 Å². The van der Waals surface area contributed by atoms with Crippen molar-refractivity contribution in [2.75, 3.05) is 0 Å². The number of nitrogens with zero attached hydrogens (tertiary/aromatic N) is 2. The van der Waals surface area contributed by atoms with Crippen LogP contribution in [0.15, 0.2) is 110 Å². The molecule has 0 saturated carbocycles. The van der Waals surface area contributed by atoms with Crippen molar-refractivity contribution in [3.63, 3.8) is 0 Å². The quantitative estimate of drug-likeness (QED) is 0.219. The SMILES string of the molecule is [Cl][Pt]([Cl])([Cl])[Cl].c1ccc(-c2ccncc2)cc1.c1ccc(-c2ccncc2)cc1. The Labute approximate surface area is 190 Å². The Morgan fingerprint density at radius 1 is 0.414 bits per heavy atom. The van der Waals surface area contributed by atoms with Gasteiger partial charge in [-0.15, -0.1) is 0 Å². The van der Waals surface area contributed by atoms with Crippen LogP contribution in [-0.2, 0) is 11.9 Å². The molecule has 2 nitrogen and oxygen atoms in total. The molecular weight excluding hydrogens is 629 g/mol. The molecule has 0 unspecified atom stereocenters. The van der Waals surface area contributed by atoms with Crippen molar-refractivity contribution in [2.24, 2.45) is 0 Å². The van der Waals surface area contributed by atoms with Gasteiger partial charge in [-0.3, -0.25) is 9.97 Å². The Bertz CT molecular complexity index is 780. The van der Waals surface area contributed by atoms with E-state index < -0.39 is 11.9 Å². The first kappa shape index (κ1) is 23.9. The summed E-state index contributed by atoms with van der Waals surface area (Å²) in [5.41, 5.74) is 4.90. The van der Waals surface area contributed by atoms with Crippen LogP contribution in [0.25, 0.3) is 22.3 Å². The summed E-state index contributed by atoms with van der Waals surface area (Å²) in [6.45, 7) is 0. The van der Waals surface area contributed by atoms with E-state index in [1.165, 1.54) is 22.3 Å². The maximum Gasteiger partial charge on any atom is 0.0273 e. The zero-order chi connectivity index (χ0) is 21.0. The van der Waals surface area contributed by atoms with Gasteiger partial charge >= 0.3 is 49.6 Å². The third-order valence-corrected chi connectivity index (χ3v) is 3.57. The predicted octanol–water partition coefficient (Wildman–Crippen LogP) is 8.25. The van der Waals surface area contributed by atoms with E-state index in [0.29, 0.717) is 0 Å². The average molecular weight is 647 g/mol. The molecule has 4 aromatic rings.